The van der Waals surface area contributed by atoms with E-state index in [1.54, 1.807) is 7.11 Å². The van der Waals surface area contributed by atoms with Gasteiger partial charge in [-0.2, -0.15) is 5.06 Å². The van der Waals surface area contributed by atoms with Crippen LogP contribution in [0.2, 0.25) is 0 Å². The van der Waals surface area contributed by atoms with Crippen molar-refractivity contribution in [2.24, 2.45) is 0 Å². The molecule has 1 aliphatic heterocycles. The maximum Gasteiger partial charge on any atom is 0.139 e. The second-order valence-electron chi connectivity index (χ2n) is 7.03. The number of benzene rings is 3. The zero-order valence-electron chi connectivity index (χ0n) is 16.9. The van der Waals surface area contributed by atoms with Gasteiger partial charge >= 0.3 is 0 Å². The van der Waals surface area contributed by atoms with Crippen LogP contribution in [-0.4, -0.2) is 33.5 Å². The lowest BCUT2D eigenvalue weighted by atomic mass is 10.1. The summed E-state index contributed by atoms with van der Waals surface area (Å²) in [4.78, 5) is 0. The lowest BCUT2D eigenvalue weighted by Gasteiger charge is -2.19. The quantitative estimate of drug-likeness (QED) is 0.490. The number of nitrogens with zero attached hydrogens (tertiary/aromatic N) is 3. The first-order chi connectivity index (χ1) is 14.6. The SMILES string of the molecule is COc1ccc(C2CN(O)Cc3ccccc3O2)cc1.Cc1cccc2nnsc12. The predicted octanol–water partition coefficient (Wildman–Crippen LogP) is 5.02. The van der Waals surface area contributed by atoms with Crippen molar-refractivity contribution < 1.29 is 14.7 Å². The van der Waals surface area contributed by atoms with Gasteiger partial charge in [-0.1, -0.05) is 47.0 Å². The Hall–Kier alpha value is -3.00. The highest BCUT2D eigenvalue weighted by atomic mass is 32.1. The van der Waals surface area contributed by atoms with Crippen LogP contribution in [-0.2, 0) is 6.54 Å². The van der Waals surface area contributed by atoms with Crippen molar-refractivity contribution in [3.8, 4) is 11.5 Å². The maximum absolute atomic E-state index is 10.00. The fourth-order valence-corrected chi connectivity index (χ4v) is 3.95. The average Bonchev–Trinajstić information content (AvgIpc) is 3.18. The van der Waals surface area contributed by atoms with Crippen LogP contribution in [0.15, 0.2) is 66.7 Å². The molecular formula is C23H23N3O3S. The Bertz CT molecular complexity index is 1110. The van der Waals surface area contributed by atoms with E-state index in [0.717, 1.165) is 28.1 Å². The second kappa shape index (κ2) is 9.21. The van der Waals surface area contributed by atoms with Gasteiger partial charge in [0.05, 0.1) is 24.9 Å². The molecule has 4 aromatic rings. The molecule has 0 amide bonds. The molecule has 3 aromatic carbocycles. The molecule has 0 saturated heterocycles. The van der Waals surface area contributed by atoms with E-state index in [-0.39, 0.29) is 6.10 Å². The Balaban J connectivity index is 0.000000181. The number of rotatable bonds is 2. The first kappa shape index (κ1) is 20.3. The number of hydroxylamine groups is 2. The topological polar surface area (TPSA) is 67.7 Å². The monoisotopic (exact) mass is 421 g/mol. The molecule has 1 atom stereocenters. The molecule has 1 N–H and O–H groups in total. The molecule has 7 heteroatoms. The Morgan fingerprint density at radius 2 is 1.87 bits per heavy atom. The fraction of sp³-hybridized carbons (Fsp3) is 0.217. The highest BCUT2D eigenvalue weighted by Crippen LogP contribution is 2.31. The van der Waals surface area contributed by atoms with Crippen molar-refractivity contribution in [1.82, 2.24) is 14.7 Å². The van der Waals surface area contributed by atoms with Gasteiger partial charge in [0.15, 0.2) is 0 Å². The summed E-state index contributed by atoms with van der Waals surface area (Å²) in [5.41, 5.74) is 4.27. The molecule has 5 rings (SSSR count). The number of ether oxygens (including phenoxy) is 2. The summed E-state index contributed by atoms with van der Waals surface area (Å²) in [5, 5.41) is 15.2. The van der Waals surface area contributed by atoms with Gasteiger partial charge in [-0.25, -0.2) is 0 Å². The average molecular weight is 422 g/mol. The highest BCUT2D eigenvalue weighted by Gasteiger charge is 2.23. The summed E-state index contributed by atoms with van der Waals surface area (Å²) in [5.74, 6) is 1.63. The minimum absolute atomic E-state index is 0.199. The lowest BCUT2D eigenvalue weighted by Crippen LogP contribution is -2.24. The fourth-order valence-electron chi connectivity index (χ4n) is 3.32. The van der Waals surface area contributed by atoms with Crippen LogP contribution >= 0.6 is 11.5 Å². The maximum atomic E-state index is 10.00. The summed E-state index contributed by atoms with van der Waals surface area (Å²) in [7, 11) is 1.64. The largest absolute Gasteiger partial charge is 0.497 e. The molecule has 0 bridgehead atoms. The van der Waals surface area contributed by atoms with Crippen LogP contribution in [0.1, 0.15) is 22.8 Å². The van der Waals surface area contributed by atoms with Gasteiger partial charge < -0.3 is 14.7 Å². The first-order valence-corrected chi connectivity index (χ1v) is 10.4. The minimum atomic E-state index is -0.199. The van der Waals surface area contributed by atoms with Crippen LogP contribution in [0.4, 0.5) is 0 Å². The summed E-state index contributed by atoms with van der Waals surface area (Å²) in [6, 6.07) is 21.6. The second-order valence-corrected chi connectivity index (χ2v) is 7.78. The molecule has 1 aromatic heterocycles. The van der Waals surface area contributed by atoms with Gasteiger partial charge in [-0.15, -0.1) is 5.10 Å². The number of hydrogen-bond acceptors (Lipinski definition) is 7. The Kier molecular flexibility index (Phi) is 6.23. The van der Waals surface area contributed by atoms with Crippen LogP contribution < -0.4 is 9.47 Å². The number of hydrogen-bond donors (Lipinski definition) is 1. The zero-order chi connectivity index (χ0) is 20.9. The molecule has 0 aliphatic carbocycles. The van der Waals surface area contributed by atoms with Gasteiger partial charge in [-0.05, 0) is 53.8 Å². The first-order valence-electron chi connectivity index (χ1n) is 9.64. The Morgan fingerprint density at radius 1 is 1.07 bits per heavy atom. The van der Waals surface area contributed by atoms with Gasteiger partial charge in [0.25, 0.3) is 0 Å². The van der Waals surface area contributed by atoms with Crippen LogP contribution in [0, 0.1) is 6.92 Å². The van der Waals surface area contributed by atoms with E-state index in [9.17, 15) is 5.21 Å². The smallest absolute Gasteiger partial charge is 0.139 e. The number of aryl methyl sites for hydroxylation is 1. The molecule has 0 radical (unpaired) electrons. The summed E-state index contributed by atoms with van der Waals surface area (Å²) >= 11 is 1.45. The number of aromatic nitrogens is 2. The highest BCUT2D eigenvalue weighted by molar-refractivity contribution is 7.13. The van der Waals surface area contributed by atoms with Gasteiger partial charge in [0, 0.05) is 5.56 Å². The van der Waals surface area contributed by atoms with E-state index in [4.69, 9.17) is 9.47 Å². The van der Waals surface area contributed by atoms with Crippen LogP contribution in [0.5, 0.6) is 11.5 Å². The molecule has 1 unspecified atom stereocenters. The summed E-state index contributed by atoms with van der Waals surface area (Å²) in [6.07, 6.45) is -0.199. The molecule has 154 valence electrons. The Labute approximate surface area is 179 Å². The predicted molar refractivity (Wildman–Crippen MR) is 117 cm³/mol. The summed E-state index contributed by atoms with van der Waals surface area (Å²) in [6.45, 7) is 2.98. The van der Waals surface area contributed by atoms with Crippen molar-refractivity contribution in [3.63, 3.8) is 0 Å². The standard InChI is InChI=1S/C16H17NO3.C7H6N2S/c1-19-14-8-6-12(7-9-14)16-11-17(18)10-13-4-2-3-5-15(13)20-16;1-5-3-2-4-6-7(5)10-9-8-6/h2-9,16,18H,10-11H2,1H3;2-4H,1H3. The van der Waals surface area contributed by atoms with Crippen LogP contribution in [0.25, 0.3) is 10.2 Å². The molecule has 30 heavy (non-hydrogen) atoms. The zero-order valence-corrected chi connectivity index (χ0v) is 17.7. The molecule has 1 aliphatic rings. The number of para-hydroxylation sites is 1. The molecule has 6 nitrogen and oxygen atoms in total. The van der Waals surface area contributed by atoms with E-state index in [0.29, 0.717) is 13.1 Å². The van der Waals surface area contributed by atoms with E-state index in [1.807, 2.05) is 60.7 Å². The molecule has 0 spiro atoms. The minimum Gasteiger partial charge on any atom is -0.497 e. The summed E-state index contributed by atoms with van der Waals surface area (Å²) < 4.78 is 16.3. The van der Waals surface area contributed by atoms with Crippen molar-refractivity contribution in [2.75, 3.05) is 13.7 Å². The van der Waals surface area contributed by atoms with Gasteiger partial charge in [0.1, 0.15) is 23.1 Å². The third-order valence-electron chi connectivity index (χ3n) is 4.93. The van der Waals surface area contributed by atoms with E-state index in [1.165, 1.54) is 26.9 Å². The third kappa shape index (κ3) is 4.59. The van der Waals surface area contributed by atoms with Gasteiger partial charge in [0.2, 0.25) is 0 Å². The lowest BCUT2D eigenvalue weighted by molar-refractivity contribution is -0.112. The van der Waals surface area contributed by atoms with E-state index < -0.39 is 0 Å². The number of methoxy groups -OCH3 is 1. The van der Waals surface area contributed by atoms with E-state index in [2.05, 4.69) is 22.6 Å². The van der Waals surface area contributed by atoms with Crippen LogP contribution in [0.3, 0.4) is 0 Å². The molecule has 0 saturated carbocycles. The normalized spacial score (nSPS) is 16.0. The van der Waals surface area contributed by atoms with Crippen molar-refractivity contribution in [3.05, 3.63) is 83.4 Å². The number of fused-ring (bicyclic) bond motifs is 2. The molecule has 2 heterocycles. The van der Waals surface area contributed by atoms with Gasteiger partial charge in [-0.3, -0.25) is 0 Å². The van der Waals surface area contributed by atoms with Crippen molar-refractivity contribution >= 4 is 21.7 Å². The molecule has 0 fully saturated rings. The van der Waals surface area contributed by atoms with Crippen molar-refractivity contribution in [2.45, 2.75) is 19.6 Å². The molecular weight excluding hydrogens is 398 g/mol. The third-order valence-corrected chi connectivity index (χ3v) is 5.81. The Morgan fingerprint density at radius 3 is 2.63 bits per heavy atom. The van der Waals surface area contributed by atoms with E-state index >= 15 is 0 Å². The van der Waals surface area contributed by atoms with Crippen molar-refractivity contribution in [1.29, 1.82) is 0 Å².